The average molecular weight is 221 g/mol. The fourth-order valence-corrected chi connectivity index (χ4v) is 2.21. The van der Waals surface area contributed by atoms with Gasteiger partial charge in [-0.1, -0.05) is 6.07 Å². The first kappa shape index (κ1) is 11.0. The molecule has 1 aromatic rings. The van der Waals surface area contributed by atoms with Crippen molar-refractivity contribution in [3.8, 4) is 5.75 Å². The fourth-order valence-electron chi connectivity index (χ4n) is 2.21. The van der Waals surface area contributed by atoms with Gasteiger partial charge >= 0.3 is 5.97 Å². The molecule has 86 valence electrons. The van der Waals surface area contributed by atoms with E-state index >= 15 is 0 Å². The molecule has 1 atom stereocenters. The lowest BCUT2D eigenvalue weighted by Crippen LogP contribution is -2.19. The summed E-state index contributed by atoms with van der Waals surface area (Å²) in [6, 6.07) is 3.85. The van der Waals surface area contributed by atoms with Crippen LogP contribution in [0.15, 0.2) is 12.1 Å². The van der Waals surface area contributed by atoms with Gasteiger partial charge in [0.25, 0.3) is 0 Å². The van der Waals surface area contributed by atoms with Crippen LogP contribution in [0.2, 0.25) is 0 Å². The predicted octanol–water partition coefficient (Wildman–Crippen LogP) is 0.908. The molecular weight excluding hydrogens is 206 g/mol. The first-order chi connectivity index (χ1) is 7.67. The van der Waals surface area contributed by atoms with Crippen LogP contribution in [-0.2, 0) is 17.6 Å². The Bertz CT molecular complexity index is 429. The van der Waals surface area contributed by atoms with Crippen molar-refractivity contribution in [3.63, 3.8) is 0 Å². The Hall–Kier alpha value is -1.55. The van der Waals surface area contributed by atoms with E-state index < -0.39 is 0 Å². The lowest BCUT2D eigenvalue weighted by molar-refractivity contribution is 0.0596. The van der Waals surface area contributed by atoms with Gasteiger partial charge in [-0.2, -0.15) is 0 Å². The quantitative estimate of drug-likeness (QED) is 0.754. The van der Waals surface area contributed by atoms with Gasteiger partial charge in [0.2, 0.25) is 0 Å². The van der Waals surface area contributed by atoms with Crippen LogP contribution in [0.3, 0.4) is 0 Å². The molecule has 0 aliphatic heterocycles. The molecule has 0 saturated carbocycles. The molecule has 1 aromatic carbocycles. The Balaban J connectivity index is 2.55. The van der Waals surface area contributed by atoms with E-state index in [9.17, 15) is 4.79 Å². The third-order valence-corrected chi connectivity index (χ3v) is 2.93. The smallest absolute Gasteiger partial charge is 0.341 e. The molecule has 1 unspecified atom stereocenters. The molecule has 4 nitrogen and oxygen atoms in total. The van der Waals surface area contributed by atoms with E-state index in [-0.39, 0.29) is 12.0 Å². The normalized spacial score (nSPS) is 18.1. The molecule has 0 amide bonds. The van der Waals surface area contributed by atoms with Gasteiger partial charge in [-0.3, -0.25) is 0 Å². The molecule has 0 saturated heterocycles. The highest BCUT2D eigenvalue weighted by Gasteiger charge is 2.27. The van der Waals surface area contributed by atoms with E-state index in [0.29, 0.717) is 17.7 Å². The van der Waals surface area contributed by atoms with Gasteiger partial charge in [0.15, 0.2) is 0 Å². The van der Waals surface area contributed by atoms with Gasteiger partial charge in [0.05, 0.1) is 14.2 Å². The third kappa shape index (κ3) is 1.65. The second-order valence-electron chi connectivity index (χ2n) is 3.94. The molecule has 2 rings (SSSR count). The van der Waals surface area contributed by atoms with Crippen molar-refractivity contribution in [3.05, 3.63) is 28.8 Å². The number of fused-ring (bicyclic) bond motifs is 1. The van der Waals surface area contributed by atoms with Crippen LogP contribution in [0.1, 0.15) is 21.5 Å². The van der Waals surface area contributed by atoms with Crippen LogP contribution in [0.25, 0.3) is 0 Å². The molecule has 1 aliphatic rings. The summed E-state index contributed by atoms with van der Waals surface area (Å²) < 4.78 is 9.97. The lowest BCUT2D eigenvalue weighted by atomic mass is 10.0. The number of hydrogen-bond donors (Lipinski definition) is 1. The zero-order chi connectivity index (χ0) is 11.7. The Kier molecular flexibility index (Phi) is 2.83. The summed E-state index contributed by atoms with van der Waals surface area (Å²) in [4.78, 5) is 11.7. The highest BCUT2D eigenvalue weighted by Crippen LogP contribution is 2.31. The number of nitrogens with two attached hydrogens (primary N) is 1. The highest BCUT2D eigenvalue weighted by molar-refractivity contribution is 5.94. The molecule has 0 spiro atoms. The van der Waals surface area contributed by atoms with Crippen molar-refractivity contribution < 1.29 is 14.3 Å². The maximum Gasteiger partial charge on any atom is 0.341 e. The lowest BCUT2D eigenvalue weighted by Gasteiger charge is -2.11. The standard InChI is InChI=1S/C12H15NO3/c1-15-10-4-3-7-5-8(13)6-9(7)11(10)12(14)16-2/h3-4,8H,5-6,13H2,1-2H3. The first-order valence-electron chi connectivity index (χ1n) is 5.20. The van der Waals surface area contributed by atoms with Gasteiger partial charge in [0, 0.05) is 6.04 Å². The van der Waals surface area contributed by atoms with Crippen LogP contribution in [0.5, 0.6) is 5.75 Å². The second-order valence-corrected chi connectivity index (χ2v) is 3.94. The van der Waals surface area contributed by atoms with Crippen LogP contribution < -0.4 is 10.5 Å². The fraction of sp³-hybridized carbons (Fsp3) is 0.417. The van der Waals surface area contributed by atoms with Gasteiger partial charge in [-0.05, 0) is 30.0 Å². The number of carbonyl (C=O) groups excluding carboxylic acids is 1. The van der Waals surface area contributed by atoms with E-state index in [1.54, 1.807) is 13.2 Å². The number of methoxy groups -OCH3 is 2. The highest BCUT2D eigenvalue weighted by atomic mass is 16.5. The molecule has 2 N–H and O–H groups in total. The van der Waals surface area contributed by atoms with Crippen molar-refractivity contribution in [2.45, 2.75) is 18.9 Å². The minimum absolute atomic E-state index is 0.0884. The van der Waals surface area contributed by atoms with Crippen molar-refractivity contribution in [1.29, 1.82) is 0 Å². The van der Waals surface area contributed by atoms with Crippen molar-refractivity contribution >= 4 is 5.97 Å². The Labute approximate surface area is 94.3 Å². The van der Waals surface area contributed by atoms with Crippen molar-refractivity contribution in [2.75, 3.05) is 14.2 Å². The number of ether oxygens (including phenoxy) is 2. The number of esters is 1. The van der Waals surface area contributed by atoms with E-state index in [0.717, 1.165) is 17.5 Å². The number of rotatable bonds is 2. The molecule has 0 heterocycles. The van der Waals surface area contributed by atoms with E-state index in [1.807, 2.05) is 6.07 Å². The maximum atomic E-state index is 11.7. The minimum atomic E-state index is -0.359. The summed E-state index contributed by atoms with van der Waals surface area (Å²) in [5.41, 5.74) is 8.51. The van der Waals surface area contributed by atoms with E-state index in [2.05, 4.69) is 0 Å². The largest absolute Gasteiger partial charge is 0.496 e. The van der Waals surface area contributed by atoms with Crippen LogP contribution in [-0.4, -0.2) is 26.2 Å². The van der Waals surface area contributed by atoms with Crippen LogP contribution >= 0.6 is 0 Å². The van der Waals surface area contributed by atoms with Crippen LogP contribution in [0, 0.1) is 0 Å². The molecular formula is C12H15NO3. The van der Waals surface area contributed by atoms with E-state index in [1.165, 1.54) is 7.11 Å². The Morgan fingerprint density at radius 3 is 2.75 bits per heavy atom. The maximum absolute atomic E-state index is 11.7. The SMILES string of the molecule is COC(=O)c1c(OC)ccc2c1CC(N)C2. The molecule has 0 aromatic heterocycles. The molecule has 4 heteroatoms. The van der Waals surface area contributed by atoms with Gasteiger partial charge in [0.1, 0.15) is 11.3 Å². The topological polar surface area (TPSA) is 61.5 Å². The summed E-state index contributed by atoms with van der Waals surface area (Å²) in [5.74, 6) is 0.197. The number of carbonyl (C=O) groups is 1. The second kappa shape index (κ2) is 4.14. The van der Waals surface area contributed by atoms with Gasteiger partial charge in [-0.25, -0.2) is 4.79 Å². The predicted molar refractivity (Wildman–Crippen MR) is 59.7 cm³/mol. The zero-order valence-electron chi connectivity index (χ0n) is 9.45. The van der Waals surface area contributed by atoms with Crippen LogP contribution in [0.4, 0.5) is 0 Å². The average Bonchev–Trinajstić information content (AvgIpc) is 2.66. The molecule has 16 heavy (non-hydrogen) atoms. The molecule has 0 bridgehead atoms. The zero-order valence-corrected chi connectivity index (χ0v) is 9.45. The third-order valence-electron chi connectivity index (χ3n) is 2.93. The molecule has 0 fully saturated rings. The summed E-state index contributed by atoms with van der Waals surface area (Å²) in [6.07, 6.45) is 1.51. The first-order valence-corrected chi connectivity index (χ1v) is 5.20. The Morgan fingerprint density at radius 2 is 2.12 bits per heavy atom. The van der Waals surface area contributed by atoms with Gasteiger partial charge in [-0.15, -0.1) is 0 Å². The molecule has 0 radical (unpaired) electrons. The van der Waals surface area contributed by atoms with E-state index in [4.69, 9.17) is 15.2 Å². The molecule has 1 aliphatic carbocycles. The number of hydrogen-bond acceptors (Lipinski definition) is 4. The number of benzene rings is 1. The van der Waals surface area contributed by atoms with Crippen molar-refractivity contribution in [2.24, 2.45) is 5.73 Å². The van der Waals surface area contributed by atoms with Crippen molar-refractivity contribution in [1.82, 2.24) is 0 Å². The summed E-state index contributed by atoms with van der Waals surface area (Å²) in [6.45, 7) is 0. The summed E-state index contributed by atoms with van der Waals surface area (Å²) in [5, 5.41) is 0. The minimum Gasteiger partial charge on any atom is -0.496 e. The summed E-state index contributed by atoms with van der Waals surface area (Å²) >= 11 is 0. The monoisotopic (exact) mass is 221 g/mol. The summed E-state index contributed by atoms with van der Waals surface area (Å²) in [7, 11) is 2.92. The van der Waals surface area contributed by atoms with Gasteiger partial charge < -0.3 is 15.2 Å². The Morgan fingerprint density at radius 1 is 1.38 bits per heavy atom.